The lowest BCUT2D eigenvalue weighted by Gasteiger charge is -2.38. The average Bonchev–Trinajstić information content (AvgIpc) is 2.46. The molecule has 3 heteroatoms. The van der Waals surface area contributed by atoms with Gasteiger partial charge in [-0.25, -0.2) is 0 Å². The molecule has 2 unspecified atom stereocenters. The maximum atomic E-state index is 12.7. The van der Waals surface area contributed by atoms with Crippen molar-refractivity contribution < 1.29 is 4.79 Å². The van der Waals surface area contributed by atoms with Crippen LogP contribution in [0.3, 0.4) is 0 Å². The number of amides is 1. The van der Waals surface area contributed by atoms with Crippen LogP contribution >= 0.6 is 0 Å². The summed E-state index contributed by atoms with van der Waals surface area (Å²) in [5.74, 6) is 0.198. The molecule has 1 fully saturated rings. The van der Waals surface area contributed by atoms with E-state index in [1.54, 1.807) is 0 Å². The summed E-state index contributed by atoms with van der Waals surface area (Å²) in [6.07, 6.45) is 3.22. The van der Waals surface area contributed by atoms with Crippen molar-refractivity contribution in [3.63, 3.8) is 0 Å². The fourth-order valence-electron chi connectivity index (χ4n) is 2.76. The number of benzene rings is 1. The molecule has 0 spiro atoms. The first-order chi connectivity index (χ1) is 9.04. The highest BCUT2D eigenvalue weighted by molar-refractivity contribution is 5.86. The minimum absolute atomic E-state index is 0.106. The zero-order valence-corrected chi connectivity index (χ0v) is 12.1. The molecule has 3 nitrogen and oxygen atoms in total. The summed E-state index contributed by atoms with van der Waals surface area (Å²) in [5, 5.41) is 3.39. The van der Waals surface area contributed by atoms with Crippen molar-refractivity contribution in [2.24, 2.45) is 0 Å². The number of hydrogen-bond donors (Lipinski definition) is 1. The molecule has 2 rings (SSSR count). The van der Waals surface area contributed by atoms with Crippen LogP contribution in [0.5, 0.6) is 0 Å². The van der Waals surface area contributed by atoms with E-state index in [1.807, 2.05) is 37.1 Å². The quantitative estimate of drug-likeness (QED) is 0.906. The minimum atomic E-state index is -0.393. The highest BCUT2D eigenvalue weighted by Gasteiger charge is 2.37. The second-order valence-corrected chi connectivity index (χ2v) is 5.72. The molecular weight excluding hydrogens is 236 g/mol. The molecule has 104 valence electrons. The van der Waals surface area contributed by atoms with E-state index in [2.05, 4.69) is 24.4 Å². The Balaban J connectivity index is 2.10. The first-order valence-electron chi connectivity index (χ1n) is 7.12. The largest absolute Gasteiger partial charge is 0.337 e. The zero-order valence-electron chi connectivity index (χ0n) is 12.1. The lowest BCUT2D eigenvalue weighted by Crippen LogP contribution is -2.57. The topological polar surface area (TPSA) is 32.3 Å². The van der Waals surface area contributed by atoms with Crippen molar-refractivity contribution in [3.8, 4) is 0 Å². The molecule has 1 aromatic rings. The molecule has 2 atom stereocenters. The summed E-state index contributed by atoms with van der Waals surface area (Å²) in [5.41, 5.74) is 0.786. The molecule has 1 saturated heterocycles. The fourth-order valence-corrected chi connectivity index (χ4v) is 2.76. The second-order valence-electron chi connectivity index (χ2n) is 5.72. The van der Waals surface area contributed by atoms with Gasteiger partial charge in [-0.2, -0.15) is 0 Å². The fraction of sp³-hybridized carbons (Fsp3) is 0.562. The lowest BCUT2D eigenvalue weighted by molar-refractivity contribution is -0.139. The molecule has 0 aliphatic carbocycles. The second kappa shape index (κ2) is 5.74. The van der Waals surface area contributed by atoms with E-state index in [9.17, 15) is 4.79 Å². The van der Waals surface area contributed by atoms with Gasteiger partial charge < -0.3 is 10.2 Å². The van der Waals surface area contributed by atoms with Crippen molar-refractivity contribution in [1.82, 2.24) is 10.2 Å². The Morgan fingerprint density at radius 1 is 1.32 bits per heavy atom. The smallest absolute Gasteiger partial charge is 0.242 e. The van der Waals surface area contributed by atoms with Gasteiger partial charge in [0.25, 0.3) is 0 Å². The number of likely N-dealkylation sites (N-methyl/N-ethyl adjacent to an activating group) is 1. The van der Waals surface area contributed by atoms with Crippen molar-refractivity contribution in [1.29, 1.82) is 0 Å². The Kier molecular flexibility index (Phi) is 4.25. The predicted octanol–water partition coefficient (Wildman–Crippen LogP) is 2.74. The number of nitrogens with one attached hydrogen (secondary N) is 1. The first kappa shape index (κ1) is 14.1. The number of hydrogen-bond acceptors (Lipinski definition) is 2. The van der Waals surface area contributed by atoms with Crippen LogP contribution in [0.15, 0.2) is 30.3 Å². The summed E-state index contributed by atoms with van der Waals surface area (Å²) in [6, 6.07) is 10.3. The Hall–Kier alpha value is -1.35. The molecule has 19 heavy (non-hydrogen) atoms. The molecular formula is C16H24N2O. The Bertz CT molecular complexity index is 424. The van der Waals surface area contributed by atoms with Gasteiger partial charge >= 0.3 is 0 Å². The highest BCUT2D eigenvalue weighted by atomic mass is 16.2. The summed E-state index contributed by atoms with van der Waals surface area (Å²) in [4.78, 5) is 14.6. The molecule has 1 amide bonds. The molecule has 1 aromatic carbocycles. The van der Waals surface area contributed by atoms with E-state index in [4.69, 9.17) is 0 Å². The van der Waals surface area contributed by atoms with Gasteiger partial charge in [-0.1, -0.05) is 30.3 Å². The van der Waals surface area contributed by atoms with E-state index in [0.29, 0.717) is 0 Å². The number of piperidine rings is 1. The lowest BCUT2D eigenvalue weighted by atomic mass is 9.89. The standard InChI is InChI=1S/C16H24N2O/c1-13(14-9-5-4-6-10-14)18(3)15(19)16(2)11-7-8-12-17-16/h4-6,9-10,13,17H,7-8,11-12H2,1-3H3. The zero-order chi connectivity index (χ0) is 13.9. The molecule has 0 saturated carbocycles. The van der Waals surface area contributed by atoms with Gasteiger partial charge in [0.05, 0.1) is 11.6 Å². The SMILES string of the molecule is CC(c1ccccc1)N(C)C(=O)C1(C)CCCCN1. The Morgan fingerprint density at radius 2 is 2.00 bits per heavy atom. The normalized spacial score (nSPS) is 24.8. The van der Waals surface area contributed by atoms with Crippen molar-refractivity contribution in [3.05, 3.63) is 35.9 Å². The summed E-state index contributed by atoms with van der Waals surface area (Å²) in [6.45, 7) is 5.05. The van der Waals surface area contributed by atoms with Crippen molar-refractivity contribution >= 4 is 5.91 Å². The van der Waals surface area contributed by atoms with E-state index in [1.165, 1.54) is 12.0 Å². The van der Waals surface area contributed by atoms with Crippen LogP contribution in [-0.4, -0.2) is 29.9 Å². The van der Waals surface area contributed by atoms with Gasteiger partial charge in [0.15, 0.2) is 0 Å². The van der Waals surface area contributed by atoms with Gasteiger partial charge in [0.2, 0.25) is 5.91 Å². The monoisotopic (exact) mass is 260 g/mol. The maximum Gasteiger partial charge on any atom is 0.242 e. The Morgan fingerprint density at radius 3 is 2.58 bits per heavy atom. The first-order valence-corrected chi connectivity index (χ1v) is 7.12. The molecule has 1 aliphatic heterocycles. The molecule has 0 radical (unpaired) electrons. The third kappa shape index (κ3) is 2.98. The molecule has 1 N–H and O–H groups in total. The van der Waals surface area contributed by atoms with Crippen LogP contribution in [0.25, 0.3) is 0 Å². The van der Waals surface area contributed by atoms with Crippen molar-refractivity contribution in [2.45, 2.75) is 44.7 Å². The molecule has 0 aromatic heterocycles. The summed E-state index contributed by atoms with van der Waals surface area (Å²) >= 11 is 0. The minimum Gasteiger partial charge on any atom is -0.337 e. The van der Waals surface area contributed by atoms with Gasteiger partial charge in [0, 0.05) is 7.05 Å². The predicted molar refractivity (Wildman–Crippen MR) is 77.9 cm³/mol. The number of carbonyl (C=O) groups excluding carboxylic acids is 1. The highest BCUT2D eigenvalue weighted by Crippen LogP contribution is 2.26. The summed E-state index contributed by atoms with van der Waals surface area (Å²) in [7, 11) is 1.90. The Labute approximate surface area is 116 Å². The van der Waals surface area contributed by atoms with Crippen LogP contribution in [0.4, 0.5) is 0 Å². The van der Waals surface area contributed by atoms with Crippen LogP contribution in [0.2, 0.25) is 0 Å². The van der Waals surface area contributed by atoms with Crippen LogP contribution in [0.1, 0.15) is 44.7 Å². The van der Waals surface area contributed by atoms with Gasteiger partial charge in [-0.05, 0) is 45.2 Å². The number of rotatable bonds is 3. The van der Waals surface area contributed by atoms with Crippen LogP contribution in [-0.2, 0) is 4.79 Å². The molecule has 0 bridgehead atoms. The summed E-state index contributed by atoms with van der Waals surface area (Å²) < 4.78 is 0. The van der Waals surface area contributed by atoms with Gasteiger partial charge in [-0.15, -0.1) is 0 Å². The third-order valence-electron chi connectivity index (χ3n) is 4.27. The van der Waals surface area contributed by atoms with Crippen molar-refractivity contribution in [2.75, 3.05) is 13.6 Å². The van der Waals surface area contributed by atoms with Crippen LogP contribution in [0, 0.1) is 0 Å². The van der Waals surface area contributed by atoms with E-state index in [0.717, 1.165) is 19.4 Å². The van der Waals surface area contributed by atoms with E-state index < -0.39 is 5.54 Å². The average molecular weight is 260 g/mol. The van der Waals surface area contributed by atoms with Crippen LogP contribution < -0.4 is 5.32 Å². The van der Waals surface area contributed by atoms with E-state index >= 15 is 0 Å². The third-order valence-corrected chi connectivity index (χ3v) is 4.27. The molecule has 1 heterocycles. The number of carbonyl (C=O) groups is 1. The van der Waals surface area contributed by atoms with E-state index in [-0.39, 0.29) is 11.9 Å². The molecule has 1 aliphatic rings. The maximum absolute atomic E-state index is 12.7. The van der Waals surface area contributed by atoms with Gasteiger partial charge in [-0.3, -0.25) is 4.79 Å². The van der Waals surface area contributed by atoms with Gasteiger partial charge in [0.1, 0.15) is 0 Å². The number of nitrogens with zero attached hydrogens (tertiary/aromatic N) is 1.